The van der Waals surface area contributed by atoms with Crippen molar-refractivity contribution in [2.75, 3.05) is 32.0 Å². The molecule has 0 atom stereocenters. The largest absolute Gasteiger partial charge is 0.497 e. The number of carbonyl (C=O) groups excluding carboxylic acids is 1. The van der Waals surface area contributed by atoms with Crippen molar-refractivity contribution >= 4 is 23.0 Å². The number of nitrogens with one attached hydrogen (secondary N) is 2. The fourth-order valence-corrected chi connectivity index (χ4v) is 2.92. The Balaban J connectivity index is 1.85. The van der Waals surface area contributed by atoms with Crippen molar-refractivity contribution in [3.05, 3.63) is 71.8 Å². The molecule has 0 fully saturated rings. The smallest absolute Gasteiger partial charge is 0.257 e. The number of anilines is 3. The van der Waals surface area contributed by atoms with Gasteiger partial charge in [0.1, 0.15) is 5.75 Å². The molecule has 0 saturated carbocycles. The number of carbonyl (C=O) groups is 1. The maximum Gasteiger partial charge on any atom is 0.257 e. The van der Waals surface area contributed by atoms with Crippen LogP contribution in [-0.4, -0.2) is 27.2 Å². The first-order valence-electron chi connectivity index (χ1n) is 9.09. The van der Waals surface area contributed by atoms with Crippen LogP contribution < -0.4 is 24.8 Å². The van der Waals surface area contributed by atoms with E-state index in [1.807, 2.05) is 55.5 Å². The van der Waals surface area contributed by atoms with Gasteiger partial charge in [0.2, 0.25) is 0 Å². The molecule has 0 aliphatic heterocycles. The van der Waals surface area contributed by atoms with E-state index in [9.17, 15) is 4.79 Å². The Morgan fingerprint density at radius 3 is 2.10 bits per heavy atom. The van der Waals surface area contributed by atoms with Gasteiger partial charge in [-0.25, -0.2) is 0 Å². The first-order valence-corrected chi connectivity index (χ1v) is 9.09. The lowest BCUT2D eigenvalue weighted by atomic mass is 10.1. The van der Waals surface area contributed by atoms with E-state index in [4.69, 9.17) is 14.2 Å². The van der Waals surface area contributed by atoms with E-state index in [-0.39, 0.29) is 5.91 Å². The molecule has 0 radical (unpaired) electrons. The van der Waals surface area contributed by atoms with Crippen LogP contribution in [0, 0.1) is 6.92 Å². The zero-order chi connectivity index (χ0) is 20.8. The van der Waals surface area contributed by atoms with E-state index >= 15 is 0 Å². The number of aryl methyl sites for hydroxylation is 1. The maximum atomic E-state index is 13.0. The summed E-state index contributed by atoms with van der Waals surface area (Å²) in [4.78, 5) is 13.0. The molecule has 0 spiro atoms. The van der Waals surface area contributed by atoms with Gasteiger partial charge in [-0.15, -0.1) is 0 Å². The molecular weight excluding hydrogens is 368 g/mol. The second kappa shape index (κ2) is 9.01. The maximum absolute atomic E-state index is 13.0. The molecule has 1 amide bonds. The molecule has 3 aromatic rings. The summed E-state index contributed by atoms with van der Waals surface area (Å²) in [5, 5.41) is 6.25. The Hall–Kier alpha value is -3.67. The summed E-state index contributed by atoms with van der Waals surface area (Å²) in [6, 6.07) is 18.4. The first kappa shape index (κ1) is 20.1. The lowest BCUT2D eigenvalue weighted by Crippen LogP contribution is -2.14. The van der Waals surface area contributed by atoms with Crippen LogP contribution in [0.3, 0.4) is 0 Å². The SMILES string of the molecule is COc1ccc(Nc2ccccc2C(=O)Nc2cc(OC)c(OC)cc2C)cc1. The Morgan fingerprint density at radius 1 is 0.793 bits per heavy atom. The van der Waals surface area contributed by atoms with Crippen molar-refractivity contribution in [2.24, 2.45) is 0 Å². The van der Waals surface area contributed by atoms with Crippen molar-refractivity contribution in [1.29, 1.82) is 0 Å². The van der Waals surface area contributed by atoms with E-state index in [1.54, 1.807) is 33.5 Å². The van der Waals surface area contributed by atoms with Crippen LogP contribution in [0.15, 0.2) is 60.7 Å². The number of hydrogen-bond donors (Lipinski definition) is 2. The quantitative estimate of drug-likeness (QED) is 0.591. The second-order valence-electron chi connectivity index (χ2n) is 6.38. The molecule has 0 heterocycles. The van der Waals surface area contributed by atoms with Crippen molar-refractivity contribution in [3.63, 3.8) is 0 Å². The van der Waals surface area contributed by atoms with Gasteiger partial charge in [-0.2, -0.15) is 0 Å². The molecule has 0 aliphatic carbocycles. The van der Waals surface area contributed by atoms with Crippen LogP contribution >= 0.6 is 0 Å². The zero-order valence-electron chi connectivity index (χ0n) is 16.9. The summed E-state index contributed by atoms with van der Waals surface area (Å²) in [6.07, 6.45) is 0. The predicted molar refractivity (Wildman–Crippen MR) is 115 cm³/mol. The number of rotatable bonds is 7. The third kappa shape index (κ3) is 4.60. The third-order valence-corrected chi connectivity index (χ3v) is 4.52. The summed E-state index contributed by atoms with van der Waals surface area (Å²) in [7, 11) is 4.77. The van der Waals surface area contributed by atoms with Crippen LogP contribution in [0.4, 0.5) is 17.1 Å². The summed E-state index contributed by atoms with van der Waals surface area (Å²) < 4.78 is 15.8. The number of amides is 1. The minimum absolute atomic E-state index is 0.225. The van der Waals surface area contributed by atoms with E-state index in [0.717, 1.165) is 17.0 Å². The van der Waals surface area contributed by atoms with Gasteiger partial charge in [-0.05, 0) is 55.0 Å². The van der Waals surface area contributed by atoms with Gasteiger partial charge in [0.05, 0.1) is 32.6 Å². The van der Waals surface area contributed by atoms with E-state index < -0.39 is 0 Å². The molecule has 0 saturated heterocycles. The second-order valence-corrected chi connectivity index (χ2v) is 6.38. The van der Waals surface area contributed by atoms with Gasteiger partial charge < -0.3 is 24.8 Å². The molecule has 2 N–H and O–H groups in total. The molecule has 0 unspecified atom stereocenters. The van der Waals surface area contributed by atoms with Gasteiger partial charge in [0.25, 0.3) is 5.91 Å². The minimum atomic E-state index is -0.225. The number of para-hydroxylation sites is 1. The highest BCUT2D eigenvalue weighted by Gasteiger charge is 2.15. The van der Waals surface area contributed by atoms with Crippen LogP contribution in [0.2, 0.25) is 0 Å². The molecule has 150 valence electrons. The fourth-order valence-electron chi connectivity index (χ4n) is 2.92. The van der Waals surface area contributed by atoms with Crippen LogP contribution in [0.25, 0.3) is 0 Å². The Labute approximate surface area is 170 Å². The summed E-state index contributed by atoms with van der Waals surface area (Å²) in [5.74, 6) is 1.71. The predicted octanol–water partition coefficient (Wildman–Crippen LogP) is 5.02. The van der Waals surface area contributed by atoms with Gasteiger partial charge >= 0.3 is 0 Å². The van der Waals surface area contributed by atoms with E-state index in [1.165, 1.54) is 0 Å². The Kier molecular flexibility index (Phi) is 6.24. The van der Waals surface area contributed by atoms with E-state index in [2.05, 4.69) is 10.6 Å². The lowest BCUT2D eigenvalue weighted by molar-refractivity contribution is 0.102. The van der Waals surface area contributed by atoms with Gasteiger partial charge in [-0.3, -0.25) is 4.79 Å². The highest BCUT2D eigenvalue weighted by Crippen LogP contribution is 2.33. The number of benzene rings is 3. The Morgan fingerprint density at radius 2 is 1.45 bits per heavy atom. The normalized spacial score (nSPS) is 10.2. The summed E-state index contributed by atoms with van der Waals surface area (Å²) in [6.45, 7) is 1.90. The third-order valence-electron chi connectivity index (χ3n) is 4.52. The van der Waals surface area contributed by atoms with E-state index in [0.29, 0.717) is 28.4 Å². The van der Waals surface area contributed by atoms with Crippen molar-refractivity contribution in [1.82, 2.24) is 0 Å². The average molecular weight is 392 g/mol. The standard InChI is InChI=1S/C23H24N2O4/c1-15-13-21(28-3)22(29-4)14-20(15)25-23(26)18-7-5-6-8-19(18)24-16-9-11-17(27-2)12-10-16/h5-14,24H,1-4H3,(H,25,26). The highest BCUT2D eigenvalue weighted by molar-refractivity contribution is 6.08. The highest BCUT2D eigenvalue weighted by atomic mass is 16.5. The first-order chi connectivity index (χ1) is 14.0. The summed E-state index contributed by atoms with van der Waals surface area (Å²) >= 11 is 0. The number of hydrogen-bond acceptors (Lipinski definition) is 5. The van der Waals surface area contributed by atoms with Crippen LogP contribution in [0.1, 0.15) is 15.9 Å². The molecule has 0 bridgehead atoms. The number of ether oxygens (including phenoxy) is 3. The van der Waals surface area contributed by atoms with Gasteiger partial charge in [0.15, 0.2) is 11.5 Å². The minimum Gasteiger partial charge on any atom is -0.497 e. The molecule has 29 heavy (non-hydrogen) atoms. The molecule has 3 rings (SSSR count). The molecule has 0 aromatic heterocycles. The molecule has 0 aliphatic rings. The van der Waals surface area contributed by atoms with Crippen LogP contribution in [-0.2, 0) is 0 Å². The fraction of sp³-hybridized carbons (Fsp3) is 0.174. The van der Waals surface area contributed by atoms with Gasteiger partial charge in [-0.1, -0.05) is 12.1 Å². The molecule has 6 heteroatoms. The van der Waals surface area contributed by atoms with Gasteiger partial charge in [0, 0.05) is 17.4 Å². The number of methoxy groups -OCH3 is 3. The zero-order valence-corrected chi connectivity index (χ0v) is 16.9. The molecular formula is C23H24N2O4. The van der Waals surface area contributed by atoms with Crippen molar-refractivity contribution in [3.8, 4) is 17.2 Å². The van der Waals surface area contributed by atoms with Crippen molar-refractivity contribution < 1.29 is 19.0 Å². The topological polar surface area (TPSA) is 68.8 Å². The van der Waals surface area contributed by atoms with Crippen LogP contribution in [0.5, 0.6) is 17.2 Å². The Bertz CT molecular complexity index is 1000. The summed E-state index contributed by atoms with van der Waals surface area (Å²) in [5.41, 5.74) is 3.61. The molecule has 6 nitrogen and oxygen atoms in total. The average Bonchev–Trinajstić information content (AvgIpc) is 2.75. The monoisotopic (exact) mass is 392 g/mol. The lowest BCUT2D eigenvalue weighted by Gasteiger charge is -2.15. The molecule has 3 aromatic carbocycles. The van der Waals surface area contributed by atoms with Crippen molar-refractivity contribution in [2.45, 2.75) is 6.92 Å².